The van der Waals surface area contributed by atoms with Crippen molar-refractivity contribution in [1.82, 2.24) is 0 Å². The largest absolute Gasteiger partial charge is 0.410 e. The second kappa shape index (κ2) is 5.43. The maximum Gasteiger partial charge on any atom is 0.192 e. The summed E-state index contributed by atoms with van der Waals surface area (Å²) in [6.45, 7) is 15.4. The van der Waals surface area contributed by atoms with Crippen LogP contribution in [-0.4, -0.2) is 25.1 Å². The first-order valence-corrected chi connectivity index (χ1v) is 11.9. The number of hydrogen-bond acceptors (Lipinski definition) is 2. The first-order valence-electron chi connectivity index (χ1n) is 8.98. The van der Waals surface area contributed by atoms with E-state index in [1.54, 1.807) is 0 Å². The van der Waals surface area contributed by atoms with E-state index >= 15 is 0 Å². The molecule has 6 atom stereocenters. The normalized spacial score (nSPS) is 42.1. The zero-order valence-corrected chi connectivity index (χ0v) is 16.3. The molecule has 0 spiro atoms. The minimum atomic E-state index is -1.82. The van der Waals surface area contributed by atoms with Crippen molar-refractivity contribution in [3.05, 3.63) is 37.0 Å². The number of hydrogen-bond donors (Lipinski definition) is 1. The van der Waals surface area contributed by atoms with Gasteiger partial charge >= 0.3 is 0 Å². The van der Waals surface area contributed by atoms with Crippen LogP contribution in [0.2, 0.25) is 18.1 Å². The molecule has 3 aliphatic rings. The van der Waals surface area contributed by atoms with Crippen molar-refractivity contribution in [3.8, 4) is 0 Å². The van der Waals surface area contributed by atoms with E-state index in [4.69, 9.17) is 4.43 Å². The smallest absolute Gasteiger partial charge is 0.192 e. The van der Waals surface area contributed by atoms with Crippen LogP contribution < -0.4 is 0 Å². The van der Waals surface area contributed by atoms with Gasteiger partial charge in [-0.05, 0) is 42.8 Å². The van der Waals surface area contributed by atoms with Gasteiger partial charge < -0.3 is 9.53 Å². The molecule has 3 heteroatoms. The van der Waals surface area contributed by atoms with Crippen LogP contribution >= 0.6 is 0 Å². The summed E-state index contributed by atoms with van der Waals surface area (Å²) in [6, 6.07) is 0. The lowest BCUT2D eigenvalue weighted by molar-refractivity contribution is -0.0410. The minimum absolute atomic E-state index is 0.144. The number of allylic oxidation sites excluding steroid dienone is 2. The lowest BCUT2D eigenvalue weighted by atomic mass is 9.65. The van der Waals surface area contributed by atoms with Crippen LogP contribution in [0.5, 0.6) is 0 Å². The van der Waals surface area contributed by atoms with Gasteiger partial charge in [0.15, 0.2) is 8.32 Å². The van der Waals surface area contributed by atoms with Crippen molar-refractivity contribution >= 4 is 8.32 Å². The molecule has 0 unspecified atom stereocenters. The van der Waals surface area contributed by atoms with Gasteiger partial charge in [0.2, 0.25) is 0 Å². The molecule has 3 aliphatic carbocycles. The molecule has 0 amide bonds. The van der Waals surface area contributed by atoms with Gasteiger partial charge in [0.1, 0.15) is 0 Å². The Morgan fingerprint density at radius 1 is 1.26 bits per heavy atom. The van der Waals surface area contributed by atoms with Crippen LogP contribution in [-0.2, 0) is 4.43 Å². The van der Waals surface area contributed by atoms with Crippen LogP contribution in [0.25, 0.3) is 0 Å². The summed E-state index contributed by atoms with van der Waals surface area (Å²) in [7, 11) is -1.82. The fraction of sp³-hybridized carbons (Fsp3) is 0.700. The maximum atomic E-state index is 11.2. The highest BCUT2D eigenvalue weighted by Gasteiger charge is 2.57. The summed E-state index contributed by atoms with van der Waals surface area (Å²) in [5, 5.41) is 11.4. The fourth-order valence-electron chi connectivity index (χ4n) is 4.58. The summed E-state index contributed by atoms with van der Waals surface area (Å²) >= 11 is 0. The Labute approximate surface area is 142 Å². The van der Waals surface area contributed by atoms with E-state index in [0.717, 1.165) is 0 Å². The van der Waals surface area contributed by atoms with E-state index in [-0.39, 0.29) is 17.1 Å². The molecular formula is C20H32O2Si. The average molecular weight is 333 g/mol. The molecule has 0 aromatic rings. The molecule has 0 saturated heterocycles. The van der Waals surface area contributed by atoms with E-state index in [0.29, 0.717) is 24.2 Å². The molecule has 23 heavy (non-hydrogen) atoms. The third-order valence-corrected chi connectivity index (χ3v) is 11.2. The Bertz CT molecular complexity index is 542. The molecular weight excluding hydrogens is 300 g/mol. The molecule has 3 rings (SSSR count). The monoisotopic (exact) mass is 332 g/mol. The van der Waals surface area contributed by atoms with Crippen LogP contribution in [0.4, 0.5) is 0 Å². The van der Waals surface area contributed by atoms with Gasteiger partial charge in [-0.1, -0.05) is 51.2 Å². The Morgan fingerprint density at radius 3 is 2.52 bits per heavy atom. The second-order valence-electron chi connectivity index (χ2n) is 9.24. The van der Waals surface area contributed by atoms with E-state index in [2.05, 4.69) is 58.7 Å². The summed E-state index contributed by atoms with van der Waals surface area (Å²) in [6.07, 6.45) is 12.7. The second-order valence-corrected chi connectivity index (χ2v) is 14.0. The zero-order chi connectivity index (χ0) is 17.0. The lowest BCUT2D eigenvalue weighted by Gasteiger charge is -2.48. The van der Waals surface area contributed by atoms with E-state index in [1.165, 1.54) is 6.42 Å². The van der Waals surface area contributed by atoms with Crippen molar-refractivity contribution in [1.29, 1.82) is 0 Å². The molecule has 0 aromatic heterocycles. The van der Waals surface area contributed by atoms with Gasteiger partial charge in [0, 0.05) is 11.8 Å². The predicted octanol–water partition coefficient (Wildman–Crippen LogP) is 4.69. The molecule has 1 saturated carbocycles. The third kappa shape index (κ3) is 2.71. The van der Waals surface area contributed by atoms with Crippen molar-refractivity contribution in [3.63, 3.8) is 0 Å². The molecule has 0 aliphatic heterocycles. The van der Waals surface area contributed by atoms with Gasteiger partial charge in [0.05, 0.1) is 11.7 Å². The standard InChI is InChI=1S/C20H32O2Si/c1-7-11-20(21)12-10-16(22-23(5,6)19(2,3)4)17-14-8-9-15(13-14)18(17)20/h7-10,12,14-18,21H,1,11,13H2,2-6H3/t14-,15+,16+,17+,18+,20-/m1/s1. The van der Waals surface area contributed by atoms with Gasteiger partial charge in [-0.25, -0.2) is 0 Å². The molecule has 0 radical (unpaired) electrons. The van der Waals surface area contributed by atoms with E-state index < -0.39 is 13.9 Å². The Morgan fingerprint density at radius 2 is 1.91 bits per heavy atom. The highest BCUT2D eigenvalue weighted by atomic mass is 28.4. The van der Waals surface area contributed by atoms with Gasteiger partial charge in [0.25, 0.3) is 0 Å². The quantitative estimate of drug-likeness (QED) is 0.598. The Hall–Kier alpha value is -0.643. The van der Waals surface area contributed by atoms with Crippen molar-refractivity contribution in [2.45, 2.75) is 63.5 Å². The Balaban J connectivity index is 1.92. The first-order chi connectivity index (χ1) is 10.6. The first kappa shape index (κ1) is 17.2. The van der Waals surface area contributed by atoms with E-state index in [1.807, 2.05) is 12.2 Å². The molecule has 128 valence electrons. The van der Waals surface area contributed by atoms with Gasteiger partial charge in [-0.2, -0.15) is 0 Å². The van der Waals surface area contributed by atoms with Crippen molar-refractivity contribution in [2.75, 3.05) is 0 Å². The molecule has 1 N–H and O–H groups in total. The Kier molecular flexibility index (Phi) is 4.06. The van der Waals surface area contributed by atoms with Gasteiger partial charge in [-0.3, -0.25) is 0 Å². The SMILES string of the molecule is C=CC[C@@]1(O)C=C[C@H](O[Si](C)(C)C(C)(C)C)[C@H]2[C@@H]1[C@H]1C=C[C@@H]2C1. The summed E-state index contributed by atoms with van der Waals surface area (Å²) < 4.78 is 6.76. The molecule has 0 heterocycles. The number of rotatable bonds is 4. The number of fused-ring (bicyclic) bond motifs is 5. The predicted molar refractivity (Wildman–Crippen MR) is 98.7 cm³/mol. The highest BCUT2D eigenvalue weighted by molar-refractivity contribution is 6.74. The van der Waals surface area contributed by atoms with Crippen molar-refractivity contribution in [2.24, 2.45) is 23.7 Å². The number of aliphatic hydroxyl groups is 1. The molecule has 0 aromatic carbocycles. The zero-order valence-electron chi connectivity index (χ0n) is 15.3. The van der Waals surface area contributed by atoms with Crippen LogP contribution in [0.3, 0.4) is 0 Å². The molecule has 2 bridgehead atoms. The summed E-state index contributed by atoms with van der Waals surface area (Å²) in [5.41, 5.74) is -0.746. The van der Waals surface area contributed by atoms with E-state index in [9.17, 15) is 5.11 Å². The summed E-state index contributed by atoms with van der Waals surface area (Å²) in [5.74, 6) is 1.73. The molecule has 2 nitrogen and oxygen atoms in total. The van der Waals surface area contributed by atoms with Crippen LogP contribution in [0.15, 0.2) is 37.0 Å². The minimum Gasteiger partial charge on any atom is -0.410 e. The maximum absolute atomic E-state index is 11.2. The topological polar surface area (TPSA) is 29.5 Å². The van der Waals surface area contributed by atoms with Gasteiger partial charge in [-0.15, -0.1) is 6.58 Å². The lowest BCUT2D eigenvalue weighted by Crippen LogP contribution is -2.53. The van der Waals surface area contributed by atoms with Crippen molar-refractivity contribution < 1.29 is 9.53 Å². The van der Waals surface area contributed by atoms with Crippen LogP contribution in [0, 0.1) is 23.7 Å². The highest BCUT2D eigenvalue weighted by Crippen LogP contribution is 2.57. The van der Waals surface area contributed by atoms with Crippen LogP contribution in [0.1, 0.15) is 33.6 Å². The molecule has 1 fully saturated rings. The summed E-state index contributed by atoms with van der Waals surface area (Å²) in [4.78, 5) is 0. The average Bonchev–Trinajstić information content (AvgIpc) is 3.02. The fourth-order valence-corrected chi connectivity index (χ4v) is 5.85. The third-order valence-electron chi connectivity index (χ3n) is 6.76.